The van der Waals surface area contributed by atoms with E-state index >= 15 is 0 Å². The summed E-state index contributed by atoms with van der Waals surface area (Å²) in [5, 5.41) is 2.45. The molecule has 0 aliphatic carbocycles. The first-order valence-corrected chi connectivity index (χ1v) is 6.99. The molecule has 1 nitrogen and oxygen atoms in total. The SMILES string of the molecule is CC(=O)c1ccc2ccc(C(C)C)cc2c1C(C)C. The molecule has 2 aromatic rings. The standard InChI is InChI=1S/C18H22O/c1-11(2)15-7-6-14-8-9-16(13(5)19)18(12(3)4)17(14)10-15/h6-12H,1-5H3. The quantitative estimate of drug-likeness (QED) is 0.680. The van der Waals surface area contributed by atoms with Gasteiger partial charge in [0.25, 0.3) is 0 Å². The summed E-state index contributed by atoms with van der Waals surface area (Å²) in [4.78, 5) is 11.8. The first-order valence-electron chi connectivity index (χ1n) is 6.99. The number of hydrogen-bond acceptors (Lipinski definition) is 1. The lowest BCUT2D eigenvalue weighted by molar-refractivity contribution is 0.101. The van der Waals surface area contributed by atoms with Crippen LogP contribution in [0.1, 0.15) is 67.9 Å². The van der Waals surface area contributed by atoms with Crippen molar-refractivity contribution in [2.24, 2.45) is 0 Å². The Bertz CT molecular complexity index is 621. The molecular weight excluding hydrogens is 232 g/mol. The van der Waals surface area contributed by atoms with Crippen molar-refractivity contribution in [2.45, 2.75) is 46.5 Å². The normalized spacial score (nSPS) is 11.5. The summed E-state index contributed by atoms with van der Waals surface area (Å²) in [6, 6.07) is 10.6. The minimum absolute atomic E-state index is 0.153. The fourth-order valence-corrected chi connectivity index (χ4v) is 2.65. The lowest BCUT2D eigenvalue weighted by Gasteiger charge is -2.16. The second kappa shape index (κ2) is 5.16. The Labute approximate surface area is 115 Å². The average Bonchev–Trinajstić information content (AvgIpc) is 2.35. The van der Waals surface area contributed by atoms with Crippen LogP contribution in [0.2, 0.25) is 0 Å². The molecule has 0 aliphatic rings. The third kappa shape index (κ3) is 2.56. The molecule has 0 spiro atoms. The van der Waals surface area contributed by atoms with Crippen LogP contribution in [0.15, 0.2) is 30.3 Å². The van der Waals surface area contributed by atoms with Gasteiger partial charge in [0.1, 0.15) is 0 Å². The van der Waals surface area contributed by atoms with Crippen LogP contribution in [0, 0.1) is 0 Å². The number of fused-ring (bicyclic) bond motifs is 1. The summed E-state index contributed by atoms with van der Waals surface area (Å²) >= 11 is 0. The van der Waals surface area contributed by atoms with Crippen molar-refractivity contribution in [1.82, 2.24) is 0 Å². The van der Waals surface area contributed by atoms with Gasteiger partial charge in [-0.05, 0) is 40.7 Å². The van der Waals surface area contributed by atoms with Gasteiger partial charge in [0, 0.05) is 5.56 Å². The fraction of sp³-hybridized carbons (Fsp3) is 0.389. The molecule has 0 bridgehead atoms. The zero-order chi connectivity index (χ0) is 14.2. The number of hydrogen-bond donors (Lipinski definition) is 0. The molecule has 2 rings (SSSR count). The van der Waals surface area contributed by atoms with Crippen molar-refractivity contribution in [3.63, 3.8) is 0 Å². The van der Waals surface area contributed by atoms with Crippen LogP contribution in [-0.2, 0) is 0 Å². The predicted molar refractivity (Wildman–Crippen MR) is 82.1 cm³/mol. The Morgan fingerprint density at radius 1 is 0.947 bits per heavy atom. The second-order valence-corrected chi connectivity index (χ2v) is 5.87. The highest BCUT2D eigenvalue weighted by molar-refractivity contribution is 6.02. The van der Waals surface area contributed by atoms with Gasteiger partial charge in [-0.2, -0.15) is 0 Å². The first-order chi connectivity index (χ1) is 8.91. The third-order valence-electron chi connectivity index (χ3n) is 3.71. The maximum atomic E-state index is 11.8. The van der Waals surface area contributed by atoms with Gasteiger partial charge in [0.05, 0.1) is 0 Å². The fourth-order valence-electron chi connectivity index (χ4n) is 2.65. The van der Waals surface area contributed by atoms with Crippen LogP contribution >= 0.6 is 0 Å². The lowest BCUT2D eigenvalue weighted by Crippen LogP contribution is -2.03. The molecule has 19 heavy (non-hydrogen) atoms. The summed E-state index contributed by atoms with van der Waals surface area (Å²) in [6.07, 6.45) is 0. The molecule has 100 valence electrons. The number of benzene rings is 2. The summed E-state index contributed by atoms with van der Waals surface area (Å²) < 4.78 is 0. The highest BCUT2D eigenvalue weighted by Crippen LogP contribution is 2.31. The van der Waals surface area contributed by atoms with E-state index in [9.17, 15) is 4.79 Å². The van der Waals surface area contributed by atoms with Crippen molar-refractivity contribution in [3.05, 3.63) is 47.0 Å². The van der Waals surface area contributed by atoms with Gasteiger partial charge in [-0.25, -0.2) is 0 Å². The zero-order valence-corrected chi connectivity index (χ0v) is 12.4. The molecule has 0 atom stereocenters. The number of ketones is 1. The van der Waals surface area contributed by atoms with Gasteiger partial charge in [-0.15, -0.1) is 0 Å². The van der Waals surface area contributed by atoms with E-state index in [4.69, 9.17) is 0 Å². The lowest BCUT2D eigenvalue weighted by atomic mass is 9.88. The Morgan fingerprint density at radius 2 is 1.58 bits per heavy atom. The van der Waals surface area contributed by atoms with Crippen LogP contribution < -0.4 is 0 Å². The molecule has 1 heteroatoms. The van der Waals surface area contributed by atoms with Gasteiger partial charge in [0.2, 0.25) is 0 Å². The van der Waals surface area contributed by atoms with Gasteiger partial charge in [-0.1, -0.05) is 58.0 Å². The third-order valence-corrected chi connectivity index (χ3v) is 3.71. The minimum Gasteiger partial charge on any atom is -0.295 e. The monoisotopic (exact) mass is 254 g/mol. The smallest absolute Gasteiger partial charge is 0.160 e. The molecule has 0 unspecified atom stereocenters. The highest BCUT2D eigenvalue weighted by atomic mass is 16.1. The van der Waals surface area contributed by atoms with E-state index in [1.165, 1.54) is 21.9 Å². The topological polar surface area (TPSA) is 17.1 Å². The molecule has 0 saturated heterocycles. The Morgan fingerprint density at radius 3 is 2.11 bits per heavy atom. The van der Waals surface area contributed by atoms with Crippen molar-refractivity contribution in [3.8, 4) is 0 Å². The Kier molecular flexibility index (Phi) is 3.75. The summed E-state index contributed by atoms with van der Waals surface area (Å²) in [5.74, 6) is 1.01. The largest absolute Gasteiger partial charge is 0.295 e. The van der Waals surface area contributed by atoms with E-state index in [2.05, 4.69) is 52.0 Å². The summed E-state index contributed by atoms with van der Waals surface area (Å²) in [5.41, 5.74) is 3.38. The molecule has 0 saturated carbocycles. The Balaban J connectivity index is 2.81. The van der Waals surface area contributed by atoms with E-state index in [0.29, 0.717) is 11.8 Å². The highest BCUT2D eigenvalue weighted by Gasteiger charge is 2.14. The van der Waals surface area contributed by atoms with E-state index < -0.39 is 0 Å². The van der Waals surface area contributed by atoms with Crippen LogP contribution in [0.25, 0.3) is 10.8 Å². The molecule has 0 radical (unpaired) electrons. The molecular formula is C18H22O. The Hall–Kier alpha value is -1.63. The second-order valence-electron chi connectivity index (χ2n) is 5.87. The number of Topliss-reactive ketones (excluding diaryl/α,β-unsaturated/α-hetero) is 1. The average molecular weight is 254 g/mol. The number of carbonyl (C=O) groups excluding carboxylic acids is 1. The summed E-state index contributed by atoms with van der Waals surface area (Å²) in [6.45, 7) is 10.4. The molecule has 0 aliphatic heterocycles. The molecule has 0 heterocycles. The van der Waals surface area contributed by atoms with E-state index in [1.54, 1.807) is 6.92 Å². The molecule has 2 aromatic carbocycles. The minimum atomic E-state index is 0.153. The van der Waals surface area contributed by atoms with Crippen molar-refractivity contribution < 1.29 is 4.79 Å². The maximum Gasteiger partial charge on any atom is 0.160 e. The van der Waals surface area contributed by atoms with Gasteiger partial charge < -0.3 is 0 Å². The van der Waals surface area contributed by atoms with Gasteiger partial charge in [0.15, 0.2) is 5.78 Å². The van der Waals surface area contributed by atoms with Crippen LogP contribution in [-0.4, -0.2) is 5.78 Å². The first kappa shape index (κ1) is 13.8. The number of rotatable bonds is 3. The van der Waals surface area contributed by atoms with Crippen molar-refractivity contribution >= 4 is 16.6 Å². The van der Waals surface area contributed by atoms with E-state index in [-0.39, 0.29) is 5.78 Å². The van der Waals surface area contributed by atoms with E-state index in [1.807, 2.05) is 6.07 Å². The molecule has 0 N–H and O–H groups in total. The van der Waals surface area contributed by atoms with Crippen LogP contribution in [0.5, 0.6) is 0 Å². The molecule has 0 fully saturated rings. The van der Waals surface area contributed by atoms with Gasteiger partial charge in [-0.3, -0.25) is 4.79 Å². The summed E-state index contributed by atoms with van der Waals surface area (Å²) in [7, 11) is 0. The molecule has 0 amide bonds. The molecule has 0 aromatic heterocycles. The maximum absolute atomic E-state index is 11.8. The van der Waals surface area contributed by atoms with Crippen molar-refractivity contribution in [1.29, 1.82) is 0 Å². The van der Waals surface area contributed by atoms with Gasteiger partial charge >= 0.3 is 0 Å². The van der Waals surface area contributed by atoms with Crippen LogP contribution in [0.3, 0.4) is 0 Å². The van der Waals surface area contributed by atoms with Crippen molar-refractivity contribution in [2.75, 3.05) is 0 Å². The van der Waals surface area contributed by atoms with Crippen LogP contribution in [0.4, 0.5) is 0 Å². The number of carbonyl (C=O) groups is 1. The zero-order valence-electron chi connectivity index (χ0n) is 12.4. The predicted octanol–water partition coefficient (Wildman–Crippen LogP) is 5.29. The van der Waals surface area contributed by atoms with E-state index in [0.717, 1.165) is 5.56 Å².